The number of ether oxygens (including phenoxy) is 5. The maximum absolute atomic E-state index is 14.2. The van der Waals surface area contributed by atoms with Gasteiger partial charge in [0.25, 0.3) is 0 Å². The molecule has 59 heavy (non-hydrogen) atoms. The molecule has 4 heterocycles. The van der Waals surface area contributed by atoms with Gasteiger partial charge in [0.05, 0.1) is 30.6 Å². The van der Waals surface area contributed by atoms with Crippen LogP contribution in [0.15, 0.2) is 35.9 Å². The smallest absolute Gasteiger partial charge is 0.409 e. The summed E-state index contributed by atoms with van der Waals surface area (Å²) in [6.45, 7) is 8.89. The van der Waals surface area contributed by atoms with Crippen LogP contribution in [0.1, 0.15) is 65.9 Å². The quantitative estimate of drug-likeness (QED) is 0.196. The van der Waals surface area contributed by atoms with E-state index in [4.69, 9.17) is 35.3 Å². The molecule has 4 aliphatic heterocycles. The lowest BCUT2D eigenvalue weighted by molar-refractivity contribution is -0.162. The second kappa shape index (κ2) is 18.6. The van der Waals surface area contributed by atoms with Gasteiger partial charge in [0.1, 0.15) is 40.7 Å². The Morgan fingerprint density at radius 1 is 1.17 bits per heavy atom. The number of halogens is 1. The number of allylic oxidation sites excluding steroid dienone is 3. The van der Waals surface area contributed by atoms with Crippen molar-refractivity contribution >= 4 is 64.7 Å². The Kier molecular flexibility index (Phi) is 14.5. The number of carbonyl (C=O) groups is 6. The predicted octanol–water partition coefficient (Wildman–Crippen LogP) is 3.79. The number of likely N-dealkylation sites (tertiary alicyclic amines) is 1. The van der Waals surface area contributed by atoms with Crippen molar-refractivity contribution in [1.82, 2.24) is 15.1 Å². The number of fused-ring (bicyclic) bond motifs is 5. The number of esters is 1. The average molecular weight is 863 g/mol. The summed E-state index contributed by atoms with van der Waals surface area (Å²) in [6, 6.07) is 2.46. The number of amides is 5. The lowest BCUT2D eigenvalue weighted by Crippen LogP contribution is -2.63. The van der Waals surface area contributed by atoms with Crippen LogP contribution in [-0.2, 0) is 49.3 Å². The van der Waals surface area contributed by atoms with Gasteiger partial charge in [0.2, 0.25) is 23.6 Å². The Labute approximate surface area is 353 Å². The molecular weight excluding hydrogens is 808 g/mol. The number of hydrogen-bond donors (Lipinski definition) is 2. The Bertz CT molecular complexity index is 1900. The summed E-state index contributed by atoms with van der Waals surface area (Å²) in [5.74, 6) is -2.14. The van der Waals surface area contributed by atoms with Crippen LogP contribution in [0.2, 0.25) is 5.02 Å². The maximum atomic E-state index is 14.2. The van der Waals surface area contributed by atoms with Crippen molar-refractivity contribution in [2.75, 3.05) is 45.5 Å². The van der Waals surface area contributed by atoms with Crippen LogP contribution < -0.4 is 15.0 Å². The van der Waals surface area contributed by atoms with E-state index in [0.29, 0.717) is 17.9 Å². The maximum Gasteiger partial charge on any atom is 0.409 e. The van der Waals surface area contributed by atoms with E-state index in [2.05, 4.69) is 5.32 Å². The summed E-state index contributed by atoms with van der Waals surface area (Å²) >= 11 is 8.00. The number of epoxide rings is 1. The van der Waals surface area contributed by atoms with Crippen LogP contribution >= 0.6 is 23.4 Å². The zero-order valence-corrected chi connectivity index (χ0v) is 36.5. The van der Waals surface area contributed by atoms with Crippen LogP contribution in [0.4, 0.5) is 10.5 Å². The number of benzene rings is 1. The highest BCUT2D eigenvalue weighted by molar-refractivity contribution is 8.00. The van der Waals surface area contributed by atoms with Crippen LogP contribution in [0.25, 0.3) is 0 Å². The SMILES string of the molecule is CCN1C(=O)CC(SCCC(=O)N(C)[C@@H](C)C(=O)O[C@H]2CC(=O)N(C)c3cc(cc(OC)c3Cl)C/C(C)=C\C=C/[C@@H](OC)[C@@]3(O)C[C@H](OC(=O)N3)[C@@H](C)[C@H]3O[C@@]23C)C1=O. The largest absolute Gasteiger partial charge is 0.495 e. The summed E-state index contributed by atoms with van der Waals surface area (Å²) in [4.78, 5) is 82.8. The highest BCUT2D eigenvalue weighted by Gasteiger charge is 2.64. The van der Waals surface area contributed by atoms with Gasteiger partial charge in [0, 0.05) is 58.7 Å². The van der Waals surface area contributed by atoms with E-state index in [0.717, 1.165) is 11.1 Å². The number of hydrogen-bond acceptors (Lipinski definition) is 13. The second-order valence-corrected chi connectivity index (χ2v) is 17.4. The van der Waals surface area contributed by atoms with E-state index in [1.807, 2.05) is 13.0 Å². The van der Waals surface area contributed by atoms with Crippen LogP contribution in [0, 0.1) is 5.92 Å². The van der Waals surface area contributed by atoms with Gasteiger partial charge in [-0.15, -0.1) is 11.8 Å². The lowest BCUT2D eigenvalue weighted by atomic mass is 9.83. The first-order valence-electron chi connectivity index (χ1n) is 19.6. The molecule has 5 amide bonds. The van der Waals surface area contributed by atoms with Crippen LogP contribution in [-0.4, -0.2) is 138 Å². The molecule has 0 aromatic heterocycles. The Morgan fingerprint density at radius 2 is 1.88 bits per heavy atom. The first-order valence-corrected chi connectivity index (χ1v) is 21.0. The Hall–Kier alpha value is -4.16. The third kappa shape index (κ3) is 9.91. The first kappa shape index (κ1) is 45.9. The monoisotopic (exact) mass is 862 g/mol. The molecule has 1 aromatic rings. The molecule has 4 aliphatic rings. The molecule has 0 saturated carbocycles. The molecule has 1 unspecified atom stereocenters. The van der Waals surface area contributed by atoms with Crippen LogP contribution in [0.3, 0.4) is 0 Å². The number of methoxy groups -OCH3 is 2. The molecule has 2 N–H and O–H groups in total. The van der Waals surface area contributed by atoms with E-state index in [1.54, 1.807) is 52.1 Å². The highest BCUT2D eigenvalue weighted by atomic mass is 35.5. The number of nitrogens with zero attached hydrogens (tertiary/aromatic N) is 3. The fourth-order valence-corrected chi connectivity index (χ4v) is 9.22. The third-order valence-electron chi connectivity index (χ3n) is 11.7. The third-order valence-corrected chi connectivity index (χ3v) is 13.3. The van der Waals surface area contributed by atoms with Gasteiger partial charge in [0.15, 0.2) is 5.72 Å². The number of imide groups is 1. The molecule has 0 spiro atoms. The summed E-state index contributed by atoms with van der Waals surface area (Å²) < 4.78 is 29.3. The number of anilines is 1. The molecule has 5 rings (SSSR count). The number of nitrogens with one attached hydrogen (secondary N) is 1. The molecule has 3 saturated heterocycles. The van der Waals surface area contributed by atoms with Crippen molar-refractivity contribution in [1.29, 1.82) is 0 Å². The van der Waals surface area contributed by atoms with Crippen molar-refractivity contribution in [3.8, 4) is 5.75 Å². The van der Waals surface area contributed by atoms with Gasteiger partial charge in [-0.25, -0.2) is 9.59 Å². The zero-order valence-electron chi connectivity index (χ0n) is 34.9. The van der Waals surface area contributed by atoms with Gasteiger partial charge in [-0.05, 0) is 51.8 Å². The van der Waals surface area contributed by atoms with Crippen molar-refractivity contribution in [2.24, 2.45) is 5.92 Å². The van der Waals surface area contributed by atoms with Gasteiger partial charge in [-0.1, -0.05) is 42.3 Å². The van der Waals surface area contributed by atoms with E-state index in [1.165, 1.54) is 54.7 Å². The number of carbonyl (C=O) groups excluding carboxylic acids is 6. The minimum Gasteiger partial charge on any atom is -0.495 e. The molecule has 9 atom stereocenters. The summed E-state index contributed by atoms with van der Waals surface area (Å²) in [5.41, 5.74) is -1.08. The van der Waals surface area contributed by atoms with Crippen molar-refractivity contribution < 1.29 is 57.6 Å². The highest BCUT2D eigenvalue weighted by Crippen LogP contribution is 2.49. The summed E-state index contributed by atoms with van der Waals surface area (Å²) in [5, 5.41) is 13.9. The van der Waals surface area contributed by atoms with E-state index in [9.17, 15) is 33.9 Å². The first-order chi connectivity index (χ1) is 27.8. The van der Waals surface area contributed by atoms with Gasteiger partial charge >= 0.3 is 12.1 Å². The Balaban J connectivity index is 1.41. The lowest BCUT2D eigenvalue weighted by Gasteiger charge is -2.42. The summed E-state index contributed by atoms with van der Waals surface area (Å²) in [7, 11) is 5.90. The molecule has 18 heteroatoms. The minimum absolute atomic E-state index is 0.00432. The van der Waals surface area contributed by atoms with Crippen molar-refractivity contribution in [3.63, 3.8) is 0 Å². The fraction of sp³-hybridized carbons (Fsp3) is 0.610. The van der Waals surface area contributed by atoms with Crippen molar-refractivity contribution in [2.45, 2.75) is 114 Å². The molecule has 4 bridgehead atoms. The number of alkyl carbamates (subject to hydrolysis) is 1. The molecule has 1 aromatic carbocycles. The van der Waals surface area contributed by atoms with E-state index in [-0.39, 0.29) is 60.7 Å². The minimum atomic E-state index is -1.86. The van der Waals surface area contributed by atoms with Gasteiger partial charge in [-0.2, -0.15) is 0 Å². The molecule has 0 radical (unpaired) electrons. The molecule has 16 nitrogen and oxygen atoms in total. The van der Waals surface area contributed by atoms with Gasteiger partial charge in [-0.3, -0.25) is 29.4 Å². The molecular formula is C41H55ClN4O12S. The normalized spacial score (nSPS) is 31.9. The zero-order chi connectivity index (χ0) is 43.6. The molecule has 3 fully saturated rings. The summed E-state index contributed by atoms with van der Waals surface area (Å²) in [6.07, 6.45) is 0.657. The average Bonchev–Trinajstić information content (AvgIpc) is 3.81. The topological polar surface area (TPSA) is 194 Å². The standard InChI is InChI=1S/C41H55ClN4O12S/c1-10-46-34(49)19-29(37(46)50)59-15-14-32(47)44(6)24(4)38(51)57-31-20-33(48)45(7)26-17-25(18-27(54-8)35(26)42)16-22(2)12-11-13-30(55-9)41(53)21-28(56-39(52)43-41)23(3)36-40(31,5)58-36/h11-13,17-18,23-24,28-31,36,53H,10,14-16,19-21H2,1-9H3,(H,43,52)/b13-11-,22-12-/t23-,24+,28+,29?,30-,31+,36-,40+,41+/m1/s1. The predicted molar refractivity (Wildman–Crippen MR) is 219 cm³/mol. The van der Waals surface area contributed by atoms with E-state index >= 15 is 0 Å². The number of likely N-dealkylation sites (N-methyl/N-ethyl adjacent to an activating group) is 1. The van der Waals surface area contributed by atoms with E-state index < -0.39 is 70.9 Å². The molecule has 324 valence electrons. The fourth-order valence-electron chi connectivity index (χ4n) is 7.80. The van der Waals surface area contributed by atoms with Crippen LogP contribution in [0.5, 0.6) is 5.75 Å². The number of rotatable bonds is 10. The molecule has 0 aliphatic carbocycles. The van der Waals surface area contributed by atoms with Crippen molar-refractivity contribution in [3.05, 3.63) is 46.5 Å². The number of thioether (sulfide) groups is 1. The Morgan fingerprint density at radius 3 is 2.53 bits per heavy atom. The van der Waals surface area contributed by atoms with Gasteiger partial charge < -0.3 is 38.6 Å². The second-order valence-electron chi connectivity index (χ2n) is 15.7. The number of aliphatic hydroxyl groups is 1.